The molecule has 2 N–H and O–H groups in total. The number of halogens is 1. The molecule has 4 aromatic rings. The Bertz CT molecular complexity index is 1330. The van der Waals surface area contributed by atoms with Crippen LogP contribution in [0.3, 0.4) is 0 Å². The van der Waals surface area contributed by atoms with E-state index in [0.717, 1.165) is 37.9 Å². The van der Waals surface area contributed by atoms with Gasteiger partial charge >= 0.3 is 5.97 Å². The van der Waals surface area contributed by atoms with Crippen molar-refractivity contribution in [3.05, 3.63) is 64.0 Å². The van der Waals surface area contributed by atoms with Gasteiger partial charge in [0.15, 0.2) is 5.13 Å². The van der Waals surface area contributed by atoms with Crippen molar-refractivity contribution < 1.29 is 19.0 Å². The van der Waals surface area contributed by atoms with Crippen molar-refractivity contribution >= 4 is 39.6 Å². The number of aromatic carboxylic acids is 1. The third-order valence-electron chi connectivity index (χ3n) is 5.09. The Morgan fingerprint density at radius 1 is 1.11 bits per heavy atom. The molecule has 3 heterocycles. The monoisotopic (exact) mass is 511 g/mol. The van der Waals surface area contributed by atoms with E-state index < -0.39 is 12.3 Å². The minimum Gasteiger partial charge on any atom is -0.478 e. The summed E-state index contributed by atoms with van der Waals surface area (Å²) in [6.45, 7) is 7.60. The minimum atomic E-state index is -1.39. The number of carbonyl (C=O) groups is 1. The van der Waals surface area contributed by atoms with Crippen LogP contribution in [0.2, 0.25) is 0 Å². The average Bonchev–Trinajstić information content (AvgIpc) is 3.39. The summed E-state index contributed by atoms with van der Waals surface area (Å²) in [6.07, 6.45) is 1.09. The molecule has 0 saturated carbocycles. The van der Waals surface area contributed by atoms with E-state index in [1.165, 1.54) is 18.3 Å². The van der Waals surface area contributed by atoms with E-state index >= 15 is 0 Å². The lowest BCUT2D eigenvalue weighted by molar-refractivity contribution is 0.0697. The third kappa shape index (κ3) is 6.04. The second kappa shape index (κ2) is 10.5. The zero-order chi connectivity index (χ0) is 25.1. The molecule has 9 heteroatoms. The van der Waals surface area contributed by atoms with Gasteiger partial charge in [-0.2, -0.15) is 0 Å². The Morgan fingerprint density at radius 2 is 1.86 bits per heavy atom. The molecule has 182 valence electrons. The maximum atomic E-state index is 13.2. The van der Waals surface area contributed by atoms with E-state index in [9.17, 15) is 14.3 Å². The Kier molecular flexibility index (Phi) is 7.47. The van der Waals surface area contributed by atoms with Gasteiger partial charge in [-0.15, -0.1) is 22.7 Å². The van der Waals surface area contributed by atoms with Crippen LogP contribution in [0.5, 0.6) is 5.75 Å². The number of pyridine rings is 1. The van der Waals surface area contributed by atoms with E-state index in [4.69, 9.17) is 9.72 Å². The predicted molar refractivity (Wildman–Crippen MR) is 140 cm³/mol. The number of aryl methyl sites for hydroxylation is 1. The lowest BCUT2D eigenvalue weighted by Gasteiger charge is -2.08. The number of aromatic nitrogens is 2. The number of carboxylic acid groups (broad SMARTS) is 1. The Labute approximate surface area is 211 Å². The number of nitrogens with one attached hydrogen (secondary N) is 1. The lowest BCUT2D eigenvalue weighted by atomic mass is 10.0. The smallest absolute Gasteiger partial charge is 0.339 e. The van der Waals surface area contributed by atoms with Crippen molar-refractivity contribution in [1.29, 1.82) is 0 Å². The maximum absolute atomic E-state index is 13.2. The molecule has 4 rings (SSSR count). The van der Waals surface area contributed by atoms with Gasteiger partial charge in [-0.3, -0.25) is 0 Å². The fourth-order valence-corrected chi connectivity index (χ4v) is 5.62. The molecular formula is C26H26FN3O3S2. The highest BCUT2D eigenvalue weighted by atomic mass is 32.1. The standard InChI is InChI=1S/C26H26FN3O3S2/c1-14(2)11-22-23(17-6-8-19(9-7-17)33-16(4)27)29-26(35-22)30-24-20(25(31)32)12-18(13-28-24)21-10-5-15(3)34-21/h5-10,12-14,16H,11H2,1-4H3,(H,31,32)(H,28,29,30). The van der Waals surface area contributed by atoms with Crippen LogP contribution in [0.1, 0.15) is 40.9 Å². The van der Waals surface area contributed by atoms with Crippen molar-refractivity contribution in [2.45, 2.75) is 40.5 Å². The Morgan fingerprint density at radius 3 is 2.46 bits per heavy atom. The maximum Gasteiger partial charge on any atom is 0.339 e. The molecule has 0 aliphatic rings. The van der Waals surface area contributed by atoms with E-state index in [1.54, 1.807) is 35.7 Å². The molecule has 0 amide bonds. The van der Waals surface area contributed by atoms with Gasteiger partial charge in [-0.1, -0.05) is 13.8 Å². The molecule has 0 fully saturated rings. The first-order valence-electron chi connectivity index (χ1n) is 11.2. The largest absolute Gasteiger partial charge is 0.478 e. The molecule has 0 aliphatic carbocycles. The number of carboxylic acids is 1. The summed E-state index contributed by atoms with van der Waals surface area (Å²) in [5.41, 5.74) is 2.51. The summed E-state index contributed by atoms with van der Waals surface area (Å²) in [5, 5.41) is 13.5. The van der Waals surface area contributed by atoms with Gasteiger partial charge < -0.3 is 15.2 Å². The molecular weight excluding hydrogens is 485 g/mol. The van der Waals surface area contributed by atoms with Crippen LogP contribution in [0.4, 0.5) is 15.3 Å². The second-order valence-electron chi connectivity index (χ2n) is 8.53. The zero-order valence-corrected chi connectivity index (χ0v) is 21.5. The third-order valence-corrected chi connectivity index (χ3v) is 7.13. The highest BCUT2D eigenvalue weighted by Gasteiger charge is 2.19. The molecule has 0 spiro atoms. The van der Waals surface area contributed by atoms with Gasteiger partial charge in [0.2, 0.25) is 6.36 Å². The number of nitrogens with zero attached hydrogens (tertiary/aromatic N) is 2. The van der Waals surface area contributed by atoms with Crippen molar-refractivity contribution in [3.63, 3.8) is 0 Å². The van der Waals surface area contributed by atoms with Gasteiger partial charge in [0, 0.05) is 38.9 Å². The van der Waals surface area contributed by atoms with Gasteiger partial charge in [0.1, 0.15) is 17.1 Å². The topological polar surface area (TPSA) is 84.3 Å². The van der Waals surface area contributed by atoms with Crippen LogP contribution >= 0.6 is 22.7 Å². The van der Waals surface area contributed by atoms with Gasteiger partial charge in [-0.05, 0) is 61.7 Å². The molecule has 0 bridgehead atoms. The van der Waals surface area contributed by atoms with Crippen molar-refractivity contribution in [2.75, 3.05) is 5.32 Å². The highest BCUT2D eigenvalue weighted by molar-refractivity contribution is 7.16. The van der Waals surface area contributed by atoms with Gasteiger partial charge in [0.25, 0.3) is 0 Å². The Hall–Kier alpha value is -3.30. The van der Waals surface area contributed by atoms with Crippen LogP contribution in [0.25, 0.3) is 21.7 Å². The number of ether oxygens (including phenoxy) is 1. The number of thiophene rings is 1. The molecule has 0 aliphatic heterocycles. The molecule has 0 saturated heterocycles. The summed E-state index contributed by atoms with van der Waals surface area (Å²) in [4.78, 5) is 24.4. The molecule has 1 aromatic carbocycles. The fraction of sp³-hybridized carbons (Fsp3) is 0.269. The second-order valence-corrected chi connectivity index (χ2v) is 10.9. The molecule has 6 nitrogen and oxygen atoms in total. The highest BCUT2D eigenvalue weighted by Crippen LogP contribution is 2.36. The molecule has 1 atom stereocenters. The van der Waals surface area contributed by atoms with Crippen molar-refractivity contribution in [3.8, 4) is 27.4 Å². The normalized spacial score (nSPS) is 12.1. The predicted octanol–water partition coefficient (Wildman–Crippen LogP) is 7.58. The first-order chi connectivity index (χ1) is 16.7. The zero-order valence-electron chi connectivity index (χ0n) is 19.8. The molecule has 0 radical (unpaired) electrons. The quantitative estimate of drug-likeness (QED) is 0.241. The van der Waals surface area contributed by atoms with Crippen LogP contribution in [-0.2, 0) is 6.42 Å². The van der Waals surface area contributed by atoms with Crippen LogP contribution in [0.15, 0.2) is 48.7 Å². The van der Waals surface area contributed by atoms with Gasteiger partial charge in [-0.25, -0.2) is 19.2 Å². The summed E-state index contributed by atoms with van der Waals surface area (Å²) in [7, 11) is 0. The SMILES string of the molecule is Cc1ccc(-c2cnc(Nc3nc(-c4ccc(OC(C)F)cc4)c(CC(C)C)s3)c(C(=O)O)c2)s1. The fourth-order valence-electron chi connectivity index (χ4n) is 3.57. The number of rotatable bonds is 9. The number of hydrogen-bond donors (Lipinski definition) is 2. The molecule has 3 aromatic heterocycles. The van der Waals surface area contributed by atoms with E-state index in [2.05, 4.69) is 24.1 Å². The summed E-state index contributed by atoms with van der Waals surface area (Å²) >= 11 is 3.06. The Balaban J connectivity index is 1.66. The first kappa shape index (κ1) is 24.8. The number of benzene rings is 1. The number of hydrogen-bond acceptors (Lipinski definition) is 7. The number of thiazole rings is 1. The van der Waals surface area contributed by atoms with E-state index in [0.29, 0.717) is 16.8 Å². The van der Waals surface area contributed by atoms with Crippen LogP contribution in [0, 0.1) is 12.8 Å². The van der Waals surface area contributed by atoms with E-state index in [-0.39, 0.29) is 11.4 Å². The lowest BCUT2D eigenvalue weighted by Crippen LogP contribution is -2.05. The minimum absolute atomic E-state index is 0.0811. The molecule has 1 unspecified atom stereocenters. The van der Waals surface area contributed by atoms with Crippen LogP contribution in [-0.4, -0.2) is 27.4 Å². The molecule has 35 heavy (non-hydrogen) atoms. The van der Waals surface area contributed by atoms with Crippen molar-refractivity contribution in [1.82, 2.24) is 9.97 Å². The number of anilines is 2. The summed E-state index contributed by atoms with van der Waals surface area (Å²) in [6, 6.07) is 12.7. The number of alkyl halides is 1. The first-order valence-corrected chi connectivity index (χ1v) is 12.8. The summed E-state index contributed by atoms with van der Waals surface area (Å²) in [5.74, 6) is 0.0240. The van der Waals surface area contributed by atoms with Crippen LogP contribution < -0.4 is 10.1 Å². The van der Waals surface area contributed by atoms with E-state index in [1.807, 2.05) is 31.2 Å². The van der Waals surface area contributed by atoms with Crippen molar-refractivity contribution in [2.24, 2.45) is 5.92 Å². The van der Waals surface area contributed by atoms with Gasteiger partial charge in [0.05, 0.1) is 5.69 Å². The summed E-state index contributed by atoms with van der Waals surface area (Å²) < 4.78 is 18.3. The average molecular weight is 512 g/mol.